The maximum absolute atomic E-state index is 12.0. The first-order valence-corrected chi connectivity index (χ1v) is 9.00. The molecular formula is C20H21ClN2O2S. The Morgan fingerprint density at radius 1 is 1.19 bits per heavy atom. The second-order valence-electron chi connectivity index (χ2n) is 6.03. The summed E-state index contributed by atoms with van der Waals surface area (Å²) in [6.07, 6.45) is 3.10. The summed E-state index contributed by atoms with van der Waals surface area (Å²) in [5, 5.41) is 6.46. The zero-order valence-electron chi connectivity index (χ0n) is 14.7. The molecule has 2 rings (SSSR count). The van der Waals surface area contributed by atoms with Gasteiger partial charge in [0, 0.05) is 11.1 Å². The third kappa shape index (κ3) is 6.86. The van der Waals surface area contributed by atoms with Crippen molar-refractivity contribution < 1.29 is 9.53 Å². The molecule has 0 spiro atoms. The van der Waals surface area contributed by atoms with Gasteiger partial charge in [0.05, 0.1) is 12.3 Å². The predicted molar refractivity (Wildman–Crippen MR) is 112 cm³/mol. The number of carbonyl (C=O) groups excluding carboxylic acids is 1. The van der Waals surface area contributed by atoms with Crippen LogP contribution in [-0.2, 0) is 4.79 Å². The van der Waals surface area contributed by atoms with E-state index in [1.165, 1.54) is 6.08 Å². The Bertz CT molecular complexity index is 789. The molecule has 1 amide bonds. The van der Waals surface area contributed by atoms with E-state index in [-0.39, 0.29) is 11.0 Å². The number of carbonyl (C=O) groups is 1. The quantitative estimate of drug-likeness (QED) is 0.545. The zero-order chi connectivity index (χ0) is 18.9. The van der Waals surface area contributed by atoms with Gasteiger partial charge in [0.15, 0.2) is 5.11 Å². The number of hydrogen-bond donors (Lipinski definition) is 2. The van der Waals surface area contributed by atoms with E-state index in [0.29, 0.717) is 29.0 Å². The molecule has 0 aliphatic rings. The van der Waals surface area contributed by atoms with Crippen LogP contribution in [0, 0.1) is 5.92 Å². The van der Waals surface area contributed by atoms with Gasteiger partial charge < -0.3 is 10.1 Å². The highest BCUT2D eigenvalue weighted by Crippen LogP contribution is 2.24. The van der Waals surface area contributed by atoms with Crippen LogP contribution >= 0.6 is 23.8 Å². The van der Waals surface area contributed by atoms with Crippen LogP contribution in [0.15, 0.2) is 54.6 Å². The van der Waals surface area contributed by atoms with Gasteiger partial charge in [0.2, 0.25) is 5.91 Å². The topological polar surface area (TPSA) is 50.4 Å². The normalized spacial score (nSPS) is 10.8. The first-order valence-electron chi connectivity index (χ1n) is 8.21. The van der Waals surface area contributed by atoms with Crippen molar-refractivity contribution in [1.82, 2.24) is 5.32 Å². The highest BCUT2D eigenvalue weighted by Gasteiger charge is 2.07. The second kappa shape index (κ2) is 9.94. The molecule has 6 heteroatoms. The lowest BCUT2D eigenvalue weighted by Gasteiger charge is -2.15. The van der Waals surface area contributed by atoms with Crippen molar-refractivity contribution in [1.29, 1.82) is 0 Å². The molecule has 0 atom stereocenters. The third-order valence-corrected chi connectivity index (χ3v) is 3.70. The van der Waals surface area contributed by atoms with Gasteiger partial charge >= 0.3 is 0 Å². The molecule has 0 radical (unpaired) electrons. The number of anilines is 1. The smallest absolute Gasteiger partial charge is 0.250 e. The van der Waals surface area contributed by atoms with Crippen molar-refractivity contribution in [3.8, 4) is 5.75 Å². The Morgan fingerprint density at radius 3 is 2.58 bits per heavy atom. The van der Waals surface area contributed by atoms with Crippen LogP contribution in [0.25, 0.3) is 6.08 Å². The van der Waals surface area contributed by atoms with Crippen molar-refractivity contribution in [3.05, 3.63) is 65.2 Å². The summed E-state index contributed by atoms with van der Waals surface area (Å²) >= 11 is 11.0. The molecule has 0 aliphatic carbocycles. The number of para-hydroxylation sites is 2. The molecule has 0 unspecified atom stereocenters. The van der Waals surface area contributed by atoms with E-state index >= 15 is 0 Å². The minimum absolute atomic E-state index is 0.205. The van der Waals surface area contributed by atoms with Crippen LogP contribution in [-0.4, -0.2) is 17.6 Å². The maximum atomic E-state index is 12.0. The van der Waals surface area contributed by atoms with Gasteiger partial charge in [0.1, 0.15) is 5.75 Å². The first kappa shape index (κ1) is 19.9. The Labute approximate surface area is 164 Å². The van der Waals surface area contributed by atoms with Crippen molar-refractivity contribution in [2.45, 2.75) is 13.8 Å². The number of halogens is 1. The standard InChI is InChI=1S/C20H21ClN2O2S/c1-14(2)13-25-18-6-4-3-5-17(18)22-20(26)23-19(24)12-9-15-7-10-16(21)11-8-15/h3-12,14H,13H2,1-2H3,(H2,22,23,24,26)/b12-9+. The van der Waals surface area contributed by atoms with Crippen LogP contribution in [0.1, 0.15) is 19.4 Å². The summed E-state index contributed by atoms with van der Waals surface area (Å²) in [4.78, 5) is 12.0. The minimum atomic E-state index is -0.321. The molecule has 26 heavy (non-hydrogen) atoms. The molecular weight excluding hydrogens is 368 g/mol. The molecule has 2 N–H and O–H groups in total. The lowest BCUT2D eigenvalue weighted by molar-refractivity contribution is -0.115. The maximum Gasteiger partial charge on any atom is 0.250 e. The van der Waals surface area contributed by atoms with Crippen LogP contribution < -0.4 is 15.4 Å². The van der Waals surface area contributed by atoms with Gasteiger partial charge in [-0.2, -0.15) is 0 Å². The van der Waals surface area contributed by atoms with E-state index in [0.717, 1.165) is 5.56 Å². The van der Waals surface area contributed by atoms with E-state index in [4.69, 9.17) is 28.6 Å². The first-order chi connectivity index (χ1) is 12.4. The lowest BCUT2D eigenvalue weighted by Crippen LogP contribution is -2.33. The van der Waals surface area contributed by atoms with E-state index in [1.807, 2.05) is 36.4 Å². The summed E-state index contributed by atoms with van der Waals surface area (Å²) in [5.41, 5.74) is 1.58. The van der Waals surface area contributed by atoms with Crippen LogP contribution in [0.4, 0.5) is 5.69 Å². The Hall–Kier alpha value is -2.37. The van der Waals surface area contributed by atoms with E-state index in [2.05, 4.69) is 24.5 Å². The van der Waals surface area contributed by atoms with E-state index < -0.39 is 0 Å². The minimum Gasteiger partial charge on any atom is -0.491 e. The summed E-state index contributed by atoms with van der Waals surface area (Å²) < 4.78 is 5.76. The SMILES string of the molecule is CC(C)COc1ccccc1NC(=S)NC(=O)/C=C/c1ccc(Cl)cc1. The molecule has 4 nitrogen and oxygen atoms in total. The molecule has 0 saturated carbocycles. The Morgan fingerprint density at radius 2 is 1.88 bits per heavy atom. The van der Waals surface area contributed by atoms with Crippen LogP contribution in [0.3, 0.4) is 0 Å². The van der Waals surface area contributed by atoms with Gasteiger partial charge in [-0.25, -0.2) is 0 Å². The number of nitrogens with one attached hydrogen (secondary N) is 2. The molecule has 2 aromatic carbocycles. The van der Waals surface area contributed by atoms with Crippen molar-refractivity contribution in [2.24, 2.45) is 5.92 Å². The molecule has 0 aromatic heterocycles. The summed E-state index contributed by atoms with van der Waals surface area (Å²) in [6, 6.07) is 14.6. The highest BCUT2D eigenvalue weighted by molar-refractivity contribution is 7.80. The molecule has 0 aliphatic heterocycles. The number of hydrogen-bond acceptors (Lipinski definition) is 3. The number of ether oxygens (including phenoxy) is 1. The van der Waals surface area contributed by atoms with E-state index in [9.17, 15) is 4.79 Å². The lowest BCUT2D eigenvalue weighted by atomic mass is 10.2. The largest absolute Gasteiger partial charge is 0.491 e. The van der Waals surface area contributed by atoms with E-state index in [1.54, 1.807) is 18.2 Å². The highest BCUT2D eigenvalue weighted by atomic mass is 35.5. The van der Waals surface area contributed by atoms with Gasteiger partial charge in [-0.15, -0.1) is 0 Å². The third-order valence-electron chi connectivity index (χ3n) is 3.24. The monoisotopic (exact) mass is 388 g/mol. The Balaban J connectivity index is 1.92. The fourth-order valence-corrected chi connectivity index (χ4v) is 2.34. The molecule has 0 saturated heterocycles. The number of benzene rings is 2. The second-order valence-corrected chi connectivity index (χ2v) is 6.87. The average Bonchev–Trinajstić information content (AvgIpc) is 2.60. The van der Waals surface area contributed by atoms with Crippen LogP contribution in [0.5, 0.6) is 5.75 Å². The van der Waals surface area contributed by atoms with Crippen molar-refractivity contribution in [2.75, 3.05) is 11.9 Å². The van der Waals surface area contributed by atoms with Crippen molar-refractivity contribution >= 4 is 46.6 Å². The number of rotatable bonds is 6. The van der Waals surface area contributed by atoms with Crippen molar-refractivity contribution in [3.63, 3.8) is 0 Å². The fourth-order valence-electron chi connectivity index (χ4n) is 2.01. The fraction of sp³-hybridized carbons (Fsp3) is 0.200. The Kier molecular flexibility index (Phi) is 7.63. The molecule has 0 bridgehead atoms. The van der Waals surface area contributed by atoms with Gasteiger partial charge in [-0.1, -0.05) is 49.7 Å². The van der Waals surface area contributed by atoms with Gasteiger partial charge in [-0.05, 0) is 54.0 Å². The number of thiocarbonyl (C=S) groups is 1. The average molecular weight is 389 g/mol. The van der Waals surface area contributed by atoms with Crippen LogP contribution in [0.2, 0.25) is 5.02 Å². The molecule has 0 heterocycles. The summed E-state index contributed by atoms with van der Waals surface area (Å²) in [6.45, 7) is 4.75. The summed E-state index contributed by atoms with van der Waals surface area (Å²) in [5.74, 6) is 0.778. The zero-order valence-corrected chi connectivity index (χ0v) is 16.2. The van der Waals surface area contributed by atoms with Gasteiger partial charge in [0.25, 0.3) is 0 Å². The molecule has 0 fully saturated rings. The summed E-state index contributed by atoms with van der Waals surface area (Å²) in [7, 11) is 0. The molecule has 2 aromatic rings. The predicted octanol–water partition coefficient (Wildman–Crippen LogP) is 4.90. The number of amides is 1. The van der Waals surface area contributed by atoms with Gasteiger partial charge in [-0.3, -0.25) is 10.1 Å². The molecule has 136 valence electrons.